The van der Waals surface area contributed by atoms with Crippen LogP contribution in [0.3, 0.4) is 0 Å². The van der Waals surface area contributed by atoms with Crippen LogP contribution >= 0.6 is 0 Å². The number of hydrogen-bond donors (Lipinski definition) is 1. The lowest BCUT2D eigenvalue weighted by Gasteiger charge is -2.25. The smallest absolute Gasteiger partial charge is 0.324 e. The predicted octanol–water partition coefficient (Wildman–Crippen LogP) is 6.36. The number of aryl methyl sites for hydroxylation is 2. The number of alkyl halides is 3. The Morgan fingerprint density at radius 2 is 1.67 bits per heavy atom. The van der Waals surface area contributed by atoms with Crippen molar-refractivity contribution in [1.82, 2.24) is 24.6 Å². The average Bonchev–Trinajstić information content (AvgIpc) is 3.57. The second kappa shape index (κ2) is 10.8. The average molecular weight is 533 g/mol. The van der Waals surface area contributed by atoms with Crippen molar-refractivity contribution in [1.29, 1.82) is 0 Å². The van der Waals surface area contributed by atoms with Crippen LogP contribution in [0.25, 0.3) is 5.69 Å². The lowest BCUT2D eigenvalue weighted by atomic mass is 10.0. The van der Waals surface area contributed by atoms with E-state index in [0.717, 1.165) is 36.9 Å². The van der Waals surface area contributed by atoms with Gasteiger partial charge in [-0.15, -0.1) is 5.10 Å². The zero-order chi connectivity index (χ0) is 26.8. The maximum Gasteiger partial charge on any atom is 0.453 e. The normalized spacial score (nSPS) is 18.1. The van der Waals surface area contributed by atoms with Crippen molar-refractivity contribution in [2.24, 2.45) is 0 Å². The molecule has 4 aromatic rings. The lowest BCUT2D eigenvalue weighted by molar-refractivity contribution is -0.144. The van der Waals surface area contributed by atoms with E-state index in [0.29, 0.717) is 23.8 Å². The summed E-state index contributed by atoms with van der Waals surface area (Å²) < 4.78 is 42.2. The topological polar surface area (TPSA) is 58.9 Å². The molecule has 202 valence electrons. The fourth-order valence-electron chi connectivity index (χ4n) is 5.76. The summed E-state index contributed by atoms with van der Waals surface area (Å²) in [6, 6.07) is 19.9. The second-order valence-electron chi connectivity index (χ2n) is 10.4. The Kier molecular flexibility index (Phi) is 7.08. The van der Waals surface area contributed by atoms with E-state index in [1.54, 1.807) is 18.3 Å². The Morgan fingerprint density at radius 3 is 2.44 bits per heavy atom. The van der Waals surface area contributed by atoms with Gasteiger partial charge in [0.15, 0.2) is 0 Å². The molecule has 2 aliphatic rings. The molecule has 0 radical (unpaired) electrons. The van der Waals surface area contributed by atoms with Crippen molar-refractivity contribution in [3.05, 3.63) is 95.1 Å². The highest BCUT2D eigenvalue weighted by Gasteiger charge is 2.37. The molecule has 0 amide bonds. The second-order valence-corrected chi connectivity index (χ2v) is 10.4. The third kappa shape index (κ3) is 5.83. The van der Waals surface area contributed by atoms with E-state index in [1.807, 2.05) is 36.4 Å². The predicted molar refractivity (Wildman–Crippen MR) is 144 cm³/mol. The van der Waals surface area contributed by atoms with Gasteiger partial charge in [0.1, 0.15) is 0 Å². The van der Waals surface area contributed by atoms with Gasteiger partial charge in [0.25, 0.3) is 5.82 Å². The van der Waals surface area contributed by atoms with Crippen molar-refractivity contribution in [3.8, 4) is 5.69 Å². The van der Waals surface area contributed by atoms with Crippen LogP contribution in [0.4, 0.5) is 24.8 Å². The molecule has 1 unspecified atom stereocenters. The number of halogens is 3. The number of rotatable bonds is 6. The third-order valence-corrected chi connectivity index (χ3v) is 7.75. The molecule has 1 atom stereocenters. The molecule has 0 saturated carbocycles. The molecule has 0 bridgehead atoms. The van der Waals surface area contributed by atoms with Gasteiger partial charge in [0.2, 0.25) is 5.95 Å². The first-order valence-corrected chi connectivity index (χ1v) is 13.6. The highest BCUT2D eigenvalue weighted by molar-refractivity contribution is 5.58. The summed E-state index contributed by atoms with van der Waals surface area (Å²) in [6.07, 6.45) is 4.27. The minimum absolute atomic E-state index is 0.0164. The first kappa shape index (κ1) is 25.6. The molecule has 3 heterocycles. The summed E-state index contributed by atoms with van der Waals surface area (Å²) in [5, 5.41) is 6.97. The highest BCUT2D eigenvalue weighted by atomic mass is 19.4. The van der Waals surface area contributed by atoms with Gasteiger partial charge < -0.3 is 10.2 Å². The Morgan fingerprint density at radius 1 is 0.897 bits per heavy atom. The molecule has 9 heteroatoms. The first-order chi connectivity index (χ1) is 18.9. The van der Waals surface area contributed by atoms with Gasteiger partial charge in [0, 0.05) is 30.0 Å². The molecule has 1 aliphatic heterocycles. The van der Waals surface area contributed by atoms with Crippen LogP contribution in [0.2, 0.25) is 0 Å². The maximum absolute atomic E-state index is 13.7. The van der Waals surface area contributed by atoms with E-state index in [-0.39, 0.29) is 5.95 Å². The largest absolute Gasteiger partial charge is 0.453 e. The Labute approximate surface area is 225 Å². The first-order valence-electron chi connectivity index (χ1n) is 13.6. The molecule has 1 aliphatic carbocycles. The Balaban J connectivity index is 1.27. The van der Waals surface area contributed by atoms with E-state index >= 15 is 0 Å². The van der Waals surface area contributed by atoms with Crippen molar-refractivity contribution >= 4 is 11.6 Å². The summed E-state index contributed by atoms with van der Waals surface area (Å²) in [5.74, 6) is -1.17. The molecular formula is C30H31F3N6. The van der Waals surface area contributed by atoms with Crippen LogP contribution in [0.1, 0.15) is 53.9 Å². The standard InChI is InChI=1S/C30H31F3N6/c31-30(32,33)28-36-29(39(37-28)27-14-15-34-25(20-27)18-21-6-2-1-3-7-21)35-24-11-8-22-9-12-26(13-10-23(22)19-24)38-16-4-5-17-38/h1-3,6-8,11,14-15,19-20,26H,4-5,9-10,12-13,16-18H2,(H,35,36,37). The van der Waals surface area contributed by atoms with Gasteiger partial charge >= 0.3 is 6.18 Å². The number of aromatic nitrogens is 4. The number of fused-ring (bicyclic) bond motifs is 1. The fourth-order valence-corrected chi connectivity index (χ4v) is 5.76. The van der Waals surface area contributed by atoms with Crippen LogP contribution in [0.5, 0.6) is 0 Å². The molecule has 6 rings (SSSR count). The van der Waals surface area contributed by atoms with Crippen LogP contribution < -0.4 is 5.32 Å². The molecule has 2 aromatic carbocycles. The minimum atomic E-state index is -4.67. The van der Waals surface area contributed by atoms with Gasteiger partial charge in [-0.1, -0.05) is 36.4 Å². The quantitative estimate of drug-likeness (QED) is 0.293. The summed E-state index contributed by atoms with van der Waals surface area (Å²) in [5.41, 5.74) is 5.52. The number of nitrogens with one attached hydrogen (secondary N) is 1. The maximum atomic E-state index is 13.7. The SMILES string of the molecule is FC(F)(F)c1nc(Nc2ccc3c(c2)CCC(N2CCCC2)CC3)n(-c2ccnc(Cc3ccccc3)c2)n1. The van der Waals surface area contributed by atoms with Gasteiger partial charge in [-0.05, 0) is 92.6 Å². The number of nitrogens with zero attached hydrogens (tertiary/aromatic N) is 5. The molecular weight excluding hydrogens is 501 g/mol. The Bertz CT molecular complexity index is 1430. The van der Waals surface area contributed by atoms with Crippen LogP contribution in [-0.4, -0.2) is 43.8 Å². The number of pyridine rings is 1. The monoisotopic (exact) mass is 532 g/mol. The van der Waals surface area contributed by atoms with E-state index in [1.165, 1.54) is 41.7 Å². The van der Waals surface area contributed by atoms with Gasteiger partial charge in [-0.2, -0.15) is 22.8 Å². The van der Waals surface area contributed by atoms with E-state index in [9.17, 15) is 13.2 Å². The van der Waals surface area contributed by atoms with E-state index < -0.39 is 12.0 Å². The zero-order valence-corrected chi connectivity index (χ0v) is 21.7. The van der Waals surface area contributed by atoms with Gasteiger partial charge in [-0.3, -0.25) is 4.98 Å². The summed E-state index contributed by atoms with van der Waals surface area (Å²) in [7, 11) is 0. The minimum Gasteiger partial charge on any atom is -0.324 e. The molecule has 0 spiro atoms. The van der Waals surface area contributed by atoms with E-state index in [2.05, 4.69) is 37.4 Å². The van der Waals surface area contributed by atoms with E-state index in [4.69, 9.17) is 0 Å². The van der Waals surface area contributed by atoms with Crippen molar-refractivity contribution in [2.45, 2.75) is 57.2 Å². The Hall–Kier alpha value is -3.72. The molecule has 1 N–H and O–H groups in total. The molecule has 39 heavy (non-hydrogen) atoms. The number of benzene rings is 2. The number of anilines is 2. The highest BCUT2D eigenvalue weighted by Crippen LogP contribution is 2.32. The fraction of sp³-hybridized carbons (Fsp3) is 0.367. The van der Waals surface area contributed by atoms with Crippen molar-refractivity contribution < 1.29 is 13.2 Å². The number of hydrogen-bond acceptors (Lipinski definition) is 5. The van der Waals surface area contributed by atoms with Crippen LogP contribution in [-0.2, 0) is 25.4 Å². The summed E-state index contributed by atoms with van der Waals surface area (Å²) >= 11 is 0. The zero-order valence-electron chi connectivity index (χ0n) is 21.7. The number of likely N-dealkylation sites (tertiary alicyclic amines) is 1. The molecule has 1 fully saturated rings. The third-order valence-electron chi connectivity index (χ3n) is 7.75. The summed E-state index contributed by atoms with van der Waals surface area (Å²) in [4.78, 5) is 10.9. The van der Waals surface area contributed by atoms with Crippen LogP contribution in [0.15, 0.2) is 66.9 Å². The van der Waals surface area contributed by atoms with Gasteiger partial charge in [-0.25, -0.2) is 0 Å². The summed E-state index contributed by atoms with van der Waals surface area (Å²) in [6.45, 7) is 2.38. The van der Waals surface area contributed by atoms with Crippen molar-refractivity contribution in [2.75, 3.05) is 18.4 Å². The molecule has 1 saturated heterocycles. The van der Waals surface area contributed by atoms with Crippen LogP contribution in [0, 0.1) is 0 Å². The lowest BCUT2D eigenvalue weighted by Crippen LogP contribution is -2.32. The molecule has 2 aromatic heterocycles. The molecule has 6 nitrogen and oxygen atoms in total. The van der Waals surface area contributed by atoms with Crippen molar-refractivity contribution in [3.63, 3.8) is 0 Å². The van der Waals surface area contributed by atoms with Gasteiger partial charge in [0.05, 0.1) is 5.69 Å².